The highest BCUT2D eigenvalue weighted by Gasteiger charge is 2.34. The van der Waals surface area contributed by atoms with Gasteiger partial charge in [0.05, 0.1) is 21.3 Å². The van der Waals surface area contributed by atoms with Gasteiger partial charge in [0.25, 0.3) is 0 Å². The molecule has 4 rings (SSSR count). The van der Waals surface area contributed by atoms with Gasteiger partial charge in [-0.2, -0.15) is 13.2 Å². The molecule has 0 spiro atoms. The lowest BCUT2D eigenvalue weighted by Gasteiger charge is -2.06. The van der Waals surface area contributed by atoms with Gasteiger partial charge in [-0.1, -0.05) is 17.4 Å². The third-order valence-corrected chi connectivity index (χ3v) is 4.16. The van der Waals surface area contributed by atoms with Crippen LogP contribution in [0.25, 0.3) is 26.2 Å². The highest BCUT2D eigenvalue weighted by Crippen LogP contribution is 2.37. The lowest BCUT2D eigenvalue weighted by atomic mass is 10.2. The van der Waals surface area contributed by atoms with Crippen molar-refractivity contribution in [2.45, 2.75) is 6.18 Å². The first-order chi connectivity index (χ1) is 9.55. The maximum Gasteiger partial charge on any atom is 0.418 e. The molecule has 1 aromatic carbocycles. The number of benzene rings is 1. The summed E-state index contributed by atoms with van der Waals surface area (Å²) < 4.78 is 41.7. The first-order valence-corrected chi connectivity index (χ1v) is 6.58. The largest absolute Gasteiger partial charge is 0.418 e. The smallest absolute Gasteiger partial charge is 0.283 e. The Kier molecular flexibility index (Phi) is 2.15. The fraction of sp³-hybridized carbons (Fsp3) is 0.0769. The fourth-order valence-corrected chi connectivity index (χ4v) is 3.34. The second-order valence-corrected chi connectivity index (χ2v) is 5.36. The molecule has 0 amide bonds. The van der Waals surface area contributed by atoms with Gasteiger partial charge in [-0.3, -0.25) is 9.38 Å². The zero-order valence-electron chi connectivity index (χ0n) is 9.85. The Morgan fingerprint density at radius 1 is 1.10 bits per heavy atom. The molecule has 4 aromatic rings. The summed E-state index contributed by atoms with van der Waals surface area (Å²) in [6.45, 7) is 0. The van der Waals surface area contributed by atoms with Crippen LogP contribution in [0, 0.1) is 0 Å². The summed E-state index contributed by atoms with van der Waals surface area (Å²) in [6.07, 6.45) is -1.09. The van der Waals surface area contributed by atoms with Gasteiger partial charge in [-0.15, -0.1) is 0 Å². The van der Waals surface area contributed by atoms with Crippen molar-refractivity contribution in [3.05, 3.63) is 42.2 Å². The topological polar surface area (TPSA) is 30.2 Å². The highest BCUT2D eigenvalue weighted by molar-refractivity contribution is 7.23. The van der Waals surface area contributed by atoms with E-state index in [1.54, 1.807) is 28.9 Å². The van der Waals surface area contributed by atoms with Gasteiger partial charge in [0.2, 0.25) is 0 Å². The van der Waals surface area contributed by atoms with Crippen molar-refractivity contribution >= 4 is 37.5 Å². The van der Waals surface area contributed by atoms with Gasteiger partial charge in [-0.25, -0.2) is 4.98 Å². The molecule has 0 saturated heterocycles. The Morgan fingerprint density at radius 2 is 1.95 bits per heavy atom. The number of pyridine rings is 1. The normalized spacial score (nSPS) is 12.8. The molecule has 0 aliphatic carbocycles. The number of hydrogen-bond donors (Lipinski definition) is 0. The molecule has 0 fully saturated rings. The molecule has 7 heteroatoms. The van der Waals surface area contributed by atoms with E-state index < -0.39 is 11.7 Å². The third-order valence-electron chi connectivity index (χ3n) is 3.16. The molecular formula is C13H6F3N3S. The summed E-state index contributed by atoms with van der Waals surface area (Å²) in [5, 5.41) is 0. The first kappa shape index (κ1) is 11.7. The second kappa shape index (κ2) is 3.69. The molecule has 0 radical (unpaired) electrons. The molecule has 0 bridgehead atoms. The number of nitrogens with zero attached hydrogens (tertiary/aromatic N) is 3. The molecule has 0 aliphatic heterocycles. The van der Waals surface area contributed by atoms with Crippen molar-refractivity contribution in [2.24, 2.45) is 0 Å². The van der Waals surface area contributed by atoms with Crippen molar-refractivity contribution < 1.29 is 13.2 Å². The summed E-state index contributed by atoms with van der Waals surface area (Å²) in [5.74, 6) is 0. The molecule has 0 aliphatic rings. The Balaban J connectivity index is 2.22. The van der Waals surface area contributed by atoms with Crippen LogP contribution < -0.4 is 0 Å². The van der Waals surface area contributed by atoms with Crippen LogP contribution in [0.3, 0.4) is 0 Å². The van der Waals surface area contributed by atoms with E-state index in [1.807, 2.05) is 0 Å². The Labute approximate surface area is 114 Å². The molecule has 100 valence electrons. The first-order valence-electron chi connectivity index (χ1n) is 5.76. The van der Waals surface area contributed by atoms with E-state index in [-0.39, 0.29) is 5.52 Å². The summed E-state index contributed by atoms with van der Waals surface area (Å²) in [7, 11) is 0. The van der Waals surface area contributed by atoms with Crippen molar-refractivity contribution in [3.63, 3.8) is 0 Å². The Hall–Kier alpha value is -2.15. The quantitative estimate of drug-likeness (QED) is 0.488. The molecule has 0 saturated carbocycles. The number of aromatic nitrogens is 3. The van der Waals surface area contributed by atoms with Gasteiger partial charge in [0, 0.05) is 12.4 Å². The van der Waals surface area contributed by atoms with Gasteiger partial charge < -0.3 is 0 Å². The van der Waals surface area contributed by atoms with E-state index in [0.29, 0.717) is 10.5 Å². The zero-order chi connectivity index (χ0) is 13.9. The van der Waals surface area contributed by atoms with Gasteiger partial charge >= 0.3 is 6.18 Å². The molecule has 3 heterocycles. The predicted molar refractivity (Wildman–Crippen MR) is 70.9 cm³/mol. The van der Waals surface area contributed by atoms with Crippen LogP contribution >= 0.6 is 11.3 Å². The second-order valence-electron chi connectivity index (χ2n) is 4.35. The summed E-state index contributed by atoms with van der Waals surface area (Å²) in [5.41, 5.74) is 0.576. The van der Waals surface area contributed by atoms with Gasteiger partial charge in [0.15, 0.2) is 4.96 Å². The van der Waals surface area contributed by atoms with E-state index >= 15 is 0 Å². The van der Waals surface area contributed by atoms with Crippen LogP contribution in [0.1, 0.15) is 5.56 Å². The standard InChI is InChI=1S/C13H6F3N3S/c14-13(15,16)7-2-1-3-9-11(7)18-12-19(9)8-4-5-17-6-10(8)20-12/h1-6H. The van der Waals surface area contributed by atoms with E-state index in [0.717, 1.165) is 16.3 Å². The van der Waals surface area contributed by atoms with Gasteiger partial charge in [0.1, 0.15) is 5.52 Å². The molecule has 3 nitrogen and oxygen atoms in total. The Morgan fingerprint density at radius 3 is 2.75 bits per heavy atom. The SMILES string of the molecule is FC(F)(F)c1cccc2c1nc1sc3cnccc3n12. The predicted octanol–water partition coefficient (Wildman–Crippen LogP) is 4.12. The number of thiazole rings is 1. The minimum absolute atomic E-state index is 0.00929. The average molecular weight is 293 g/mol. The van der Waals surface area contributed by atoms with E-state index in [1.165, 1.54) is 17.4 Å². The molecule has 0 atom stereocenters. The summed E-state index contributed by atoms with van der Waals surface area (Å²) in [4.78, 5) is 8.71. The van der Waals surface area contributed by atoms with E-state index in [2.05, 4.69) is 9.97 Å². The average Bonchev–Trinajstić information content (AvgIpc) is 2.91. The number of alkyl halides is 3. The summed E-state index contributed by atoms with van der Waals surface area (Å²) in [6, 6.07) is 5.89. The molecule has 0 unspecified atom stereocenters. The summed E-state index contributed by atoms with van der Waals surface area (Å²) >= 11 is 1.33. The number of fused-ring (bicyclic) bond motifs is 5. The van der Waals surface area contributed by atoms with Crippen LogP contribution in [0.4, 0.5) is 13.2 Å². The Bertz CT molecular complexity index is 952. The number of halogens is 3. The number of imidazole rings is 1. The fourth-order valence-electron chi connectivity index (χ4n) is 2.34. The third kappa shape index (κ3) is 1.46. The zero-order valence-corrected chi connectivity index (χ0v) is 10.7. The number of para-hydroxylation sites is 1. The maximum atomic E-state index is 13.0. The minimum Gasteiger partial charge on any atom is -0.283 e. The van der Waals surface area contributed by atoms with Crippen LogP contribution in [0.15, 0.2) is 36.7 Å². The van der Waals surface area contributed by atoms with Crippen molar-refractivity contribution in [3.8, 4) is 0 Å². The van der Waals surface area contributed by atoms with Crippen molar-refractivity contribution in [1.29, 1.82) is 0 Å². The van der Waals surface area contributed by atoms with Gasteiger partial charge in [-0.05, 0) is 18.2 Å². The molecule has 3 aromatic heterocycles. The minimum atomic E-state index is -4.40. The van der Waals surface area contributed by atoms with Crippen LogP contribution in [-0.4, -0.2) is 14.4 Å². The lowest BCUT2D eigenvalue weighted by molar-refractivity contribution is -0.136. The monoisotopic (exact) mass is 293 g/mol. The number of rotatable bonds is 0. The molecular weight excluding hydrogens is 287 g/mol. The molecule has 0 N–H and O–H groups in total. The van der Waals surface area contributed by atoms with E-state index in [9.17, 15) is 13.2 Å². The van der Waals surface area contributed by atoms with Crippen LogP contribution in [0.5, 0.6) is 0 Å². The number of hydrogen-bond acceptors (Lipinski definition) is 3. The van der Waals surface area contributed by atoms with Crippen LogP contribution in [0.2, 0.25) is 0 Å². The van der Waals surface area contributed by atoms with Crippen molar-refractivity contribution in [2.75, 3.05) is 0 Å². The van der Waals surface area contributed by atoms with Crippen LogP contribution in [-0.2, 0) is 6.18 Å². The maximum absolute atomic E-state index is 13.0. The highest BCUT2D eigenvalue weighted by atomic mass is 32.1. The van der Waals surface area contributed by atoms with E-state index in [4.69, 9.17) is 0 Å². The van der Waals surface area contributed by atoms with Crippen molar-refractivity contribution in [1.82, 2.24) is 14.4 Å². The lowest BCUT2D eigenvalue weighted by Crippen LogP contribution is -2.05. The molecule has 20 heavy (non-hydrogen) atoms.